The minimum absolute atomic E-state index is 0.0661. The van der Waals surface area contributed by atoms with E-state index in [1.165, 1.54) is 44.6 Å². The highest BCUT2D eigenvalue weighted by Gasteiger charge is 2.23. The zero-order valence-corrected chi connectivity index (χ0v) is 28.2. The van der Waals surface area contributed by atoms with Gasteiger partial charge in [0.2, 0.25) is 0 Å². The van der Waals surface area contributed by atoms with Gasteiger partial charge in [-0.2, -0.15) is 0 Å². The number of methoxy groups -OCH3 is 1. The number of benzene rings is 3. The van der Waals surface area contributed by atoms with E-state index >= 15 is 0 Å². The van der Waals surface area contributed by atoms with Crippen LogP contribution < -0.4 is 24.8 Å². The molecule has 4 aromatic rings. The highest BCUT2D eigenvalue weighted by molar-refractivity contribution is 6.05. The lowest BCUT2D eigenvalue weighted by Gasteiger charge is -2.16. The summed E-state index contributed by atoms with van der Waals surface area (Å²) in [6.45, 7) is 6.24. The molecule has 0 aliphatic carbocycles. The van der Waals surface area contributed by atoms with Crippen molar-refractivity contribution in [3.8, 4) is 17.2 Å². The number of furan rings is 1. The highest BCUT2D eigenvalue weighted by Crippen LogP contribution is 2.30. The Morgan fingerprint density at radius 1 is 0.816 bits per heavy atom. The van der Waals surface area contributed by atoms with Crippen molar-refractivity contribution in [1.82, 2.24) is 5.32 Å². The number of aryl methyl sites for hydroxylation is 2. The van der Waals surface area contributed by atoms with Crippen molar-refractivity contribution in [3.63, 3.8) is 0 Å². The molecule has 258 valence electrons. The number of esters is 1. The van der Waals surface area contributed by atoms with Crippen LogP contribution in [0.1, 0.15) is 87.2 Å². The number of ether oxygens (including phenoxy) is 3. The van der Waals surface area contributed by atoms with Crippen molar-refractivity contribution in [3.05, 3.63) is 107 Å². The van der Waals surface area contributed by atoms with Gasteiger partial charge in [-0.15, -0.1) is 0 Å². The summed E-state index contributed by atoms with van der Waals surface area (Å²) in [5, 5.41) is 15.1. The van der Waals surface area contributed by atoms with Gasteiger partial charge in [0.1, 0.15) is 23.3 Å². The van der Waals surface area contributed by atoms with Crippen molar-refractivity contribution < 1.29 is 42.9 Å². The first-order valence-electron chi connectivity index (χ1n) is 16.2. The van der Waals surface area contributed by atoms with Gasteiger partial charge in [-0.25, -0.2) is 9.59 Å². The van der Waals surface area contributed by atoms with Gasteiger partial charge in [0, 0.05) is 17.7 Å². The Balaban J connectivity index is 1.32. The van der Waals surface area contributed by atoms with E-state index < -0.39 is 23.9 Å². The van der Waals surface area contributed by atoms with E-state index in [2.05, 4.69) is 17.6 Å². The van der Waals surface area contributed by atoms with Crippen LogP contribution in [0.15, 0.2) is 77.2 Å². The van der Waals surface area contributed by atoms with Crippen molar-refractivity contribution >= 4 is 29.4 Å². The lowest BCUT2D eigenvalue weighted by Crippen LogP contribution is -2.42. The van der Waals surface area contributed by atoms with Crippen LogP contribution in [0.3, 0.4) is 0 Å². The predicted octanol–water partition coefficient (Wildman–Crippen LogP) is 7.15. The zero-order valence-electron chi connectivity index (χ0n) is 28.2. The van der Waals surface area contributed by atoms with Gasteiger partial charge in [-0.1, -0.05) is 38.7 Å². The number of carboxylic acids is 1. The van der Waals surface area contributed by atoms with E-state index in [9.17, 15) is 24.3 Å². The number of carbonyl (C=O) groups excluding carboxylic acids is 3. The molecule has 0 spiro atoms. The number of anilines is 1. The molecule has 4 rings (SSSR count). The van der Waals surface area contributed by atoms with E-state index in [-0.39, 0.29) is 29.4 Å². The summed E-state index contributed by atoms with van der Waals surface area (Å²) in [5.41, 5.74) is 1.93. The maximum Gasteiger partial charge on any atom is 0.343 e. The number of unbranched alkanes of at least 4 members (excludes halogenated alkanes) is 4. The molecule has 1 unspecified atom stereocenters. The van der Waals surface area contributed by atoms with Gasteiger partial charge in [0.25, 0.3) is 11.8 Å². The van der Waals surface area contributed by atoms with E-state index in [1.54, 1.807) is 68.4 Å². The molecule has 0 saturated heterocycles. The smallest absolute Gasteiger partial charge is 0.343 e. The second kappa shape index (κ2) is 17.5. The van der Waals surface area contributed by atoms with Gasteiger partial charge in [0.05, 0.1) is 24.8 Å². The molecule has 0 saturated carbocycles. The minimum Gasteiger partial charge on any atom is -0.494 e. The molecule has 11 heteroatoms. The molecule has 1 aromatic heterocycles. The summed E-state index contributed by atoms with van der Waals surface area (Å²) >= 11 is 0. The Morgan fingerprint density at radius 3 is 2.14 bits per heavy atom. The molecule has 49 heavy (non-hydrogen) atoms. The molecular weight excluding hydrogens is 628 g/mol. The first-order valence-corrected chi connectivity index (χ1v) is 16.2. The average Bonchev–Trinajstić information content (AvgIpc) is 3.44. The molecule has 0 aliphatic heterocycles. The summed E-state index contributed by atoms with van der Waals surface area (Å²) in [5.74, 6) is -0.615. The number of rotatable bonds is 17. The standard InChI is InChI=1S/C38H42N2O9/c1-5-6-7-8-9-20-47-30-17-13-28(14-18-30)38(45)49-33-19-10-26(23-34(33)46-4)22-32(37(43)44)40-35(41)27-11-15-29(16-12-27)39-36(42)31-21-24(2)48-25(31)3/h10-19,21,23,32H,5-9,20,22H2,1-4H3,(H,39,42)(H,40,41)(H,43,44). The fourth-order valence-electron chi connectivity index (χ4n) is 5.10. The number of amides is 2. The molecule has 11 nitrogen and oxygen atoms in total. The van der Waals surface area contributed by atoms with E-state index in [4.69, 9.17) is 18.6 Å². The van der Waals surface area contributed by atoms with Gasteiger partial charge in [-0.05, 0) is 92.6 Å². The maximum absolute atomic E-state index is 12.9. The summed E-state index contributed by atoms with van der Waals surface area (Å²) in [6.07, 6.45) is 5.64. The lowest BCUT2D eigenvalue weighted by atomic mass is 10.0. The van der Waals surface area contributed by atoms with Crippen LogP contribution in [0.4, 0.5) is 5.69 Å². The quantitative estimate of drug-likeness (QED) is 0.0604. The maximum atomic E-state index is 12.9. The summed E-state index contributed by atoms with van der Waals surface area (Å²) in [4.78, 5) is 50.4. The molecule has 1 atom stereocenters. The number of carbonyl (C=O) groups is 4. The molecule has 0 bridgehead atoms. The Hall–Kier alpha value is -5.58. The third-order valence-electron chi connectivity index (χ3n) is 7.77. The van der Waals surface area contributed by atoms with Crippen LogP contribution >= 0.6 is 0 Å². The monoisotopic (exact) mass is 670 g/mol. The van der Waals surface area contributed by atoms with Crippen molar-refractivity contribution in [2.45, 2.75) is 65.3 Å². The summed E-state index contributed by atoms with van der Waals surface area (Å²) < 4.78 is 22.2. The van der Waals surface area contributed by atoms with E-state index in [0.717, 1.165) is 12.8 Å². The number of carboxylic acid groups (broad SMARTS) is 1. The second-order valence-corrected chi connectivity index (χ2v) is 11.6. The molecule has 0 aliphatic rings. The first-order chi connectivity index (χ1) is 23.6. The minimum atomic E-state index is -1.27. The number of nitrogens with one attached hydrogen (secondary N) is 2. The molecule has 3 N–H and O–H groups in total. The van der Waals surface area contributed by atoms with Crippen LogP contribution in [0.2, 0.25) is 0 Å². The van der Waals surface area contributed by atoms with Crippen LogP contribution in [-0.2, 0) is 11.2 Å². The highest BCUT2D eigenvalue weighted by atomic mass is 16.6. The Labute approximate surface area is 285 Å². The van der Waals surface area contributed by atoms with Crippen molar-refractivity contribution in [2.24, 2.45) is 0 Å². The lowest BCUT2D eigenvalue weighted by molar-refractivity contribution is -0.139. The molecule has 2 amide bonds. The number of hydrogen-bond acceptors (Lipinski definition) is 8. The summed E-state index contributed by atoms with van der Waals surface area (Å²) in [6, 6.07) is 17.8. The normalized spacial score (nSPS) is 11.3. The van der Waals surface area contributed by atoms with Gasteiger partial charge < -0.3 is 34.4 Å². The Bertz CT molecular complexity index is 1740. The fraction of sp³-hybridized carbons (Fsp3) is 0.316. The Morgan fingerprint density at radius 2 is 1.51 bits per heavy atom. The molecule has 1 heterocycles. The first kappa shape index (κ1) is 36.3. The van der Waals surface area contributed by atoms with Crippen LogP contribution in [0.25, 0.3) is 0 Å². The van der Waals surface area contributed by atoms with Gasteiger partial charge in [-0.3, -0.25) is 9.59 Å². The fourth-order valence-corrected chi connectivity index (χ4v) is 5.10. The molecular formula is C38H42N2O9. The number of hydrogen-bond donors (Lipinski definition) is 3. The van der Waals surface area contributed by atoms with Crippen LogP contribution in [-0.4, -0.2) is 48.6 Å². The van der Waals surface area contributed by atoms with Gasteiger partial charge >= 0.3 is 11.9 Å². The second-order valence-electron chi connectivity index (χ2n) is 11.6. The molecule has 0 fully saturated rings. The Kier molecular flexibility index (Phi) is 13.0. The van der Waals surface area contributed by atoms with Crippen molar-refractivity contribution in [2.75, 3.05) is 19.0 Å². The zero-order chi connectivity index (χ0) is 35.3. The van der Waals surface area contributed by atoms with Crippen molar-refractivity contribution in [1.29, 1.82) is 0 Å². The van der Waals surface area contributed by atoms with E-state index in [1.807, 2.05) is 0 Å². The average molecular weight is 671 g/mol. The topological polar surface area (TPSA) is 153 Å². The van der Waals surface area contributed by atoms with Gasteiger partial charge in [0.15, 0.2) is 11.5 Å². The third-order valence-corrected chi connectivity index (χ3v) is 7.77. The van der Waals surface area contributed by atoms with Crippen LogP contribution in [0.5, 0.6) is 17.2 Å². The molecule has 3 aromatic carbocycles. The summed E-state index contributed by atoms with van der Waals surface area (Å²) in [7, 11) is 1.41. The third kappa shape index (κ3) is 10.5. The van der Waals surface area contributed by atoms with Crippen LogP contribution in [0, 0.1) is 13.8 Å². The SMILES string of the molecule is CCCCCCCOc1ccc(C(=O)Oc2ccc(CC(NC(=O)c3ccc(NC(=O)c4cc(C)oc4C)cc3)C(=O)O)cc2OC)cc1. The number of aliphatic carboxylic acids is 1. The molecule has 0 radical (unpaired) electrons. The predicted molar refractivity (Wildman–Crippen MR) is 184 cm³/mol. The van der Waals surface area contributed by atoms with E-state index in [0.29, 0.717) is 46.3 Å². The largest absolute Gasteiger partial charge is 0.494 e.